The van der Waals surface area contributed by atoms with Crippen LogP contribution in [0.15, 0.2) is 29.3 Å². The molecule has 29 heavy (non-hydrogen) atoms. The molecule has 0 amide bonds. The first-order valence-corrected chi connectivity index (χ1v) is 11.6. The van der Waals surface area contributed by atoms with E-state index in [4.69, 9.17) is 4.99 Å². The van der Waals surface area contributed by atoms with Crippen molar-refractivity contribution in [2.45, 2.75) is 45.4 Å². The van der Waals surface area contributed by atoms with Crippen LogP contribution in [0.3, 0.4) is 0 Å². The second-order valence-electron chi connectivity index (χ2n) is 7.89. The van der Waals surface area contributed by atoms with Gasteiger partial charge in [0, 0.05) is 32.7 Å². The fourth-order valence-corrected chi connectivity index (χ4v) is 5.01. The molecule has 0 spiro atoms. The molecule has 0 atom stereocenters. The van der Waals surface area contributed by atoms with E-state index < -0.39 is 14.6 Å². The summed E-state index contributed by atoms with van der Waals surface area (Å²) in [5.74, 6) is 1.99. The quantitative estimate of drug-likeness (QED) is 0.277. The first-order valence-electron chi connectivity index (χ1n) is 9.92. The lowest BCUT2D eigenvalue weighted by atomic mass is 10.2. The fourth-order valence-electron chi connectivity index (χ4n) is 3.64. The predicted octanol–water partition coefficient (Wildman–Crippen LogP) is 2.83. The molecule has 1 aliphatic heterocycles. The Hall–Kier alpha value is -1.36. The van der Waals surface area contributed by atoms with E-state index in [1.165, 1.54) is 0 Å². The molecule has 0 unspecified atom stereocenters. The number of halogens is 1. The molecule has 1 aromatic carbocycles. The van der Waals surface area contributed by atoms with E-state index in [0.717, 1.165) is 42.3 Å². The van der Waals surface area contributed by atoms with Crippen LogP contribution in [0.5, 0.6) is 0 Å². The maximum Gasteiger partial charge on any atom is 0.193 e. The van der Waals surface area contributed by atoms with Gasteiger partial charge in [-0.1, -0.05) is 12.1 Å². The second kappa shape index (κ2) is 9.63. The van der Waals surface area contributed by atoms with Crippen molar-refractivity contribution in [1.29, 1.82) is 0 Å². The molecule has 0 aliphatic carbocycles. The number of sulfone groups is 1. The molecule has 162 valence electrons. The summed E-state index contributed by atoms with van der Waals surface area (Å²) >= 11 is 0. The molecular weight excluding hydrogens is 501 g/mol. The summed E-state index contributed by atoms with van der Waals surface area (Å²) in [7, 11) is -3.06. The van der Waals surface area contributed by atoms with E-state index in [2.05, 4.69) is 25.8 Å². The van der Waals surface area contributed by atoms with Gasteiger partial charge in [-0.2, -0.15) is 0 Å². The molecule has 0 saturated carbocycles. The maximum absolute atomic E-state index is 12.3. The second-order valence-corrected chi connectivity index (χ2v) is 10.6. The van der Waals surface area contributed by atoms with Crippen LogP contribution in [0.1, 0.15) is 33.0 Å². The molecule has 0 radical (unpaired) electrons. The number of hydrogen-bond donors (Lipinski definition) is 1. The van der Waals surface area contributed by atoms with Crippen molar-refractivity contribution in [1.82, 2.24) is 19.8 Å². The standard InChI is InChI=1S/C20H31N5O2S.HI/c1-5-21-19(24-13-14-28(26,27)20(3,4)15-24)22-11-8-12-25-16(2)23-17-9-6-7-10-18(17)25;/h6-7,9-10H,5,8,11-15H2,1-4H3,(H,21,22);1H. The number of aliphatic imine (C=N–C) groups is 1. The van der Waals surface area contributed by atoms with Crippen molar-refractivity contribution in [2.24, 2.45) is 4.99 Å². The molecule has 1 fully saturated rings. The van der Waals surface area contributed by atoms with Crippen LogP contribution in [-0.4, -0.2) is 65.5 Å². The van der Waals surface area contributed by atoms with Crippen LogP contribution < -0.4 is 5.32 Å². The first-order chi connectivity index (χ1) is 13.2. The number of rotatable bonds is 5. The molecule has 1 aliphatic rings. The highest BCUT2D eigenvalue weighted by Gasteiger charge is 2.40. The molecule has 9 heteroatoms. The number of nitrogens with one attached hydrogen (secondary N) is 1. The van der Waals surface area contributed by atoms with Crippen LogP contribution in [0, 0.1) is 6.92 Å². The average Bonchev–Trinajstić information content (AvgIpc) is 2.95. The first kappa shape index (κ1) is 23.9. The van der Waals surface area contributed by atoms with Gasteiger partial charge in [-0.05, 0) is 46.2 Å². The Bertz CT molecular complexity index is 968. The number of fused-ring (bicyclic) bond motifs is 1. The Kier molecular flexibility index (Phi) is 7.94. The summed E-state index contributed by atoms with van der Waals surface area (Å²) in [6.45, 7) is 10.9. The van der Waals surface area contributed by atoms with Crippen LogP contribution in [0.4, 0.5) is 0 Å². The third-order valence-corrected chi connectivity index (χ3v) is 7.86. The van der Waals surface area contributed by atoms with Gasteiger partial charge < -0.3 is 14.8 Å². The number of imidazole rings is 1. The van der Waals surface area contributed by atoms with Crippen LogP contribution in [0.25, 0.3) is 11.0 Å². The molecule has 1 aromatic heterocycles. The highest BCUT2D eigenvalue weighted by Crippen LogP contribution is 2.23. The Balaban J connectivity index is 0.00000300. The molecular formula is C20H32IN5O2S. The third-order valence-electron chi connectivity index (χ3n) is 5.32. The highest BCUT2D eigenvalue weighted by molar-refractivity contribution is 14.0. The van der Waals surface area contributed by atoms with Gasteiger partial charge in [0.1, 0.15) is 5.82 Å². The number of guanidine groups is 1. The van der Waals surface area contributed by atoms with Gasteiger partial charge in [0.15, 0.2) is 15.8 Å². The summed E-state index contributed by atoms with van der Waals surface area (Å²) < 4.78 is 26.0. The zero-order valence-electron chi connectivity index (χ0n) is 17.7. The number of hydrogen-bond acceptors (Lipinski definition) is 4. The molecule has 3 rings (SSSR count). The number of aromatic nitrogens is 2. The van der Waals surface area contributed by atoms with Crippen LogP contribution in [0.2, 0.25) is 0 Å². The lowest BCUT2D eigenvalue weighted by Crippen LogP contribution is -2.57. The zero-order valence-corrected chi connectivity index (χ0v) is 20.8. The van der Waals surface area contributed by atoms with Gasteiger partial charge in [0.25, 0.3) is 0 Å². The lowest BCUT2D eigenvalue weighted by molar-refractivity contribution is 0.353. The third kappa shape index (κ3) is 5.22. The van der Waals surface area contributed by atoms with Gasteiger partial charge in [0.05, 0.1) is 21.5 Å². The van der Waals surface area contributed by atoms with Crippen molar-refractivity contribution in [2.75, 3.05) is 31.9 Å². The van der Waals surface area contributed by atoms with Gasteiger partial charge in [-0.15, -0.1) is 24.0 Å². The molecule has 1 saturated heterocycles. The Morgan fingerprint density at radius 3 is 2.72 bits per heavy atom. The number of benzene rings is 1. The SMILES string of the molecule is CCNC(=NCCCn1c(C)nc2ccccc21)N1CCS(=O)(=O)C(C)(C)C1.I. The Labute approximate surface area is 190 Å². The summed E-state index contributed by atoms with van der Waals surface area (Å²) in [5.41, 5.74) is 2.17. The van der Waals surface area contributed by atoms with Crippen LogP contribution in [-0.2, 0) is 16.4 Å². The van der Waals surface area contributed by atoms with Gasteiger partial charge >= 0.3 is 0 Å². The minimum atomic E-state index is -3.06. The van der Waals surface area contributed by atoms with Crippen molar-refractivity contribution >= 4 is 50.8 Å². The topological polar surface area (TPSA) is 79.6 Å². The minimum Gasteiger partial charge on any atom is -0.357 e. The largest absolute Gasteiger partial charge is 0.357 e. The normalized spacial score (nSPS) is 18.5. The molecule has 7 nitrogen and oxygen atoms in total. The lowest BCUT2D eigenvalue weighted by Gasteiger charge is -2.39. The summed E-state index contributed by atoms with van der Waals surface area (Å²) in [6.07, 6.45) is 0.894. The van der Waals surface area contributed by atoms with E-state index >= 15 is 0 Å². The molecule has 0 bridgehead atoms. The Morgan fingerprint density at radius 2 is 2.03 bits per heavy atom. The van der Waals surface area contributed by atoms with E-state index in [1.54, 1.807) is 13.8 Å². The molecule has 2 aromatic rings. The molecule has 1 N–H and O–H groups in total. The van der Waals surface area contributed by atoms with Gasteiger partial charge in [-0.3, -0.25) is 4.99 Å². The maximum atomic E-state index is 12.3. The molecule has 2 heterocycles. The van der Waals surface area contributed by atoms with Gasteiger partial charge in [-0.25, -0.2) is 13.4 Å². The van der Waals surface area contributed by atoms with Crippen molar-refractivity contribution in [3.05, 3.63) is 30.1 Å². The number of aryl methyl sites for hydroxylation is 2. The average molecular weight is 533 g/mol. The van der Waals surface area contributed by atoms with Crippen molar-refractivity contribution in [3.63, 3.8) is 0 Å². The smallest absolute Gasteiger partial charge is 0.193 e. The zero-order chi connectivity index (χ0) is 20.4. The minimum absolute atomic E-state index is 0. The number of para-hydroxylation sites is 2. The summed E-state index contributed by atoms with van der Waals surface area (Å²) in [6, 6.07) is 8.17. The Morgan fingerprint density at radius 1 is 1.31 bits per heavy atom. The number of nitrogens with zero attached hydrogens (tertiary/aromatic N) is 4. The van der Waals surface area contributed by atoms with Crippen molar-refractivity contribution < 1.29 is 8.42 Å². The van der Waals surface area contributed by atoms with E-state index in [9.17, 15) is 8.42 Å². The van der Waals surface area contributed by atoms with Gasteiger partial charge in [0.2, 0.25) is 0 Å². The fraction of sp³-hybridized carbons (Fsp3) is 0.600. The summed E-state index contributed by atoms with van der Waals surface area (Å²) in [4.78, 5) is 11.4. The van der Waals surface area contributed by atoms with Crippen molar-refractivity contribution in [3.8, 4) is 0 Å². The van der Waals surface area contributed by atoms with Crippen LogP contribution >= 0.6 is 24.0 Å². The van der Waals surface area contributed by atoms with E-state index in [-0.39, 0.29) is 29.7 Å². The van der Waals surface area contributed by atoms with E-state index in [1.807, 2.05) is 32.0 Å². The predicted molar refractivity (Wildman–Crippen MR) is 130 cm³/mol. The van der Waals surface area contributed by atoms with E-state index in [0.29, 0.717) is 19.6 Å². The highest BCUT2D eigenvalue weighted by atomic mass is 127. The summed E-state index contributed by atoms with van der Waals surface area (Å²) in [5, 5.41) is 3.31. The monoisotopic (exact) mass is 533 g/mol.